The van der Waals surface area contributed by atoms with E-state index in [2.05, 4.69) is 10.9 Å². The van der Waals surface area contributed by atoms with E-state index in [0.29, 0.717) is 17.7 Å². The van der Waals surface area contributed by atoms with E-state index < -0.39 is 28.3 Å². The van der Waals surface area contributed by atoms with E-state index in [1.54, 1.807) is 12.1 Å². The lowest BCUT2D eigenvalue weighted by Gasteiger charge is -2.11. The van der Waals surface area contributed by atoms with Crippen LogP contribution in [0.3, 0.4) is 0 Å². The van der Waals surface area contributed by atoms with Crippen LogP contribution in [0.4, 0.5) is 24.5 Å². The average molecular weight is 409 g/mol. The van der Waals surface area contributed by atoms with Crippen LogP contribution in [-0.4, -0.2) is 16.6 Å². The lowest BCUT2D eigenvalue weighted by Crippen LogP contribution is -2.30. The maximum Gasteiger partial charge on any atom is 0.416 e. The predicted molar refractivity (Wildman–Crippen MR) is 99.2 cm³/mol. The Morgan fingerprint density at radius 2 is 1.72 bits per heavy atom. The van der Waals surface area contributed by atoms with Crippen LogP contribution in [0, 0.1) is 10.1 Å². The fourth-order valence-electron chi connectivity index (χ4n) is 2.46. The highest BCUT2D eigenvalue weighted by atomic mass is 19.4. The number of aryl methyl sites for hydroxylation is 1. The van der Waals surface area contributed by atoms with Crippen molar-refractivity contribution < 1.29 is 27.7 Å². The van der Waals surface area contributed by atoms with Crippen LogP contribution in [0.1, 0.15) is 41.3 Å². The standard InChI is InChI=1S/C19H18F3N3O4/c1-2-12-3-5-13(6-4-12)17(26)9-10-18(27)24-23-15-8-7-14(19(20,21)22)11-16(15)25(28)29/h3-8,11,23H,2,9-10H2,1H3,(H,24,27). The molecule has 0 atom stereocenters. The summed E-state index contributed by atoms with van der Waals surface area (Å²) in [4.78, 5) is 34.0. The number of anilines is 1. The van der Waals surface area contributed by atoms with E-state index in [0.717, 1.165) is 18.1 Å². The first-order chi connectivity index (χ1) is 13.6. The van der Waals surface area contributed by atoms with E-state index in [-0.39, 0.29) is 24.3 Å². The molecular weight excluding hydrogens is 391 g/mol. The van der Waals surface area contributed by atoms with Gasteiger partial charge in [-0.15, -0.1) is 0 Å². The molecule has 2 N–H and O–H groups in total. The lowest BCUT2D eigenvalue weighted by molar-refractivity contribution is -0.384. The SMILES string of the molecule is CCc1ccc(C(=O)CCC(=O)NNc2ccc(C(F)(F)F)cc2[N+](=O)[O-])cc1. The van der Waals surface area contributed by atoms with Gasteiger partial charge in [0.05, 0.1) is 10.5 Å². The Bertz CT molecular complexity index is 912. The number of hydrazine groups is 1. The Morgan fingerprint density at radius 1 is 1.07 bits per heavy atom. The van der Waals surface area contributed by atoms with Crippen molar-refractivity contribution in [3.63, 3.8) is 0 Å². The Balaban J connectivity index is 1.94. The number of benzene rings is 2. The second kappa shape index (κ2) is 9.18. The number of hydrogen-bond acceptors (Lipinski definition) is 5. The Labute approximate surface area is 164 Å². The van der Waals surface area contributed by atoms with E-state index in [4.69, 9.17) is 0 Å². The van der Waals surface area contributed by atoms with Gasteiger partial charge >= 0.3 is 6.18 Å². The van der Waals surface area contributed by atoms with Crippen molar-refractivity contribution in [2.45, 2.75) is 32.4 Å². The molecule has 154 valence electrons. The normalized spacial score (nSPS) is 11.0. The number of carbonyl (C=O) groups excluding carboxylic acids is 2. The monoisotopic (exact) mass is 409 g/mol. The molecule has 0 aromatic heterocycles. The number of Topliss-reactive ketones (excluding diaryl/α,β-unsaturated/α-hetero) is 1. The van der Waals surface area contributed by atoms with Crippen molar-refractivity contribution in [2.24, 2.45) is 0 Å². The van der Waals surface area contributed by atoms with Gasteiger partial charge in [-0.1, -0.05) is 31.2 Å². The number of ketones is 1. The van der Waals surface area contributed by atoms with Gasteiger partial charge in [0, 0.05) is 24.5 Å². The molecule has 2 aromatic carbocycles. The maximum absolute atomic E-state index is 12.7. The number of carbonyl (C=O) groups is 2. The molecule has 0 saturated heterocycles. The number of amides is 1. The quantitative estimate of drug-likeness (QED) is 0.385. The van der Waals surface area contributed by atoms with Gasteiger partial charge in [0.1, 0.15) is 5.69 Å². The summed E-state index contributed by atoms with van der Waals surface area (Å²) >= 11 is 0. The highest BCUT2D eigenvalue weighted by Crippen LogP contribution is 2.34. The molecule has 1 amide bonds. The third kappa shape index (κ3) is 6.03. The minimum Gasteiger partial charge on any atom is -0.294 e. The van der Waals surface area contributed by atoms with Crippen LogP contribution >= 0.6 is 0 Å². The van der Waals surface area contributed by atoms with Crippen LogP contribution in [0.25, 0.3) is 0 Å². The van der Waals surface area contributed by atoms with Crippen molar-refractivity contribution >= 4 is 23.1 Å². The van der Waals surface area contributed by atoms with Gasteiger partial charge in [0.2, 0.25) is 5.91 Å². The summed E-state index contributed by atoms with van der Waals surface area (Å²) in [6.07, 6.45) is -4.19. The van der Waals surface area contributed by atoms with E-state index in [1.165, 1.54) is 0 Å². The number of rotatable bonds is 8. The van der Waals surface area contributed by atoms with Crippen molar-refractivity contribution in [1.29, 1.82) is 0 Å². The summed E-state index contributed by atoms with van der Waals surface area (Å²) in [5.74, 6) is -0.888. The smallest absolute Gasteiger partial charge is 0.294 e. The van der Waals surface area contributed by atoms with E-state index in [1.807, 2.05) is 19.1 Å². The average Bonchev–Trinajstić information content (AvgIpc) is 2.69. The van der Waals surface area contributed by atoms with Crippen LogP contribution in [-0.2, 0) is 17.4 Å². The molecule has 2 rings (SSSR count). The molecular formula is C19H18F3N3O4. The number of hydrogen-bond donors (Lipinski definition) is 2. The molecule has 0 fully saturated rings. The van der Waals surface area contributed by atoms with Gasteiger partial charge in [-0.3, -0.25) is 30.6 Å². The molecule has 0 aliphatic carbocycles. The number of nitro benzene ring substituents is 1. The molecule has 0 aliphatic rings. The Morgan fingerprint density at radius 3 is 2.28 bits per heavy atom. The van der Waals surface area contributed by atoms with Gasteiger partial charge in [-0.2, -0.15) is 13.2 Å². The minimum absolute atomic E-state index is 0.0892. The number of halogens is 3. The molecule has 0 unspecified atom stereocenters. The molecule has 7 nitrogen and oxygen atoms in total. The van der Waals surface area contributed by atoms with Crippen molar-refractivity contribution in [3.05, 3.63) is 69.3 Å². The number of nitrogens with one attached hydrogen (secondary N) is 2. The molecule has 0 spiro atoms. The van der Waals surface area contributed by atoms with Gasteiger partial charge in [-0.25, -0.2) is 0 Å². The van der Waals surface area contributed by atoms with Crippen molar-refractivity contribution in [1.82, 2.24) is 5.43 Å². The summed E-state index contributed by atoms with van der Waals surface area (Å²) < 4.78 is 38.1. The first-order valence-corrected chi connectivity index (χ1v) is 8.64. The molecule has 2 aromatic rings. The van der Waals surface area contributed by atoms with Gasteiger partial charge in [0.25, 0.3) is 5.69 Å². The second-order valence-corrected chi connectivity index (χ2v) is 6.13. The van der Waals surface area contributed by atoms with Crippen LogP contribution in [0.15, 0.2) is 42.5 Å². The molecule has 0 aliphatic heterocycles. The summed E-state index contributed by atoms with van der Waals surface area (Å²) in [5, 5.41) is 11.0. The van der Waals surface area contributed by atoms with E-state index in [9.17, 15) is 32.9 Å². The van der Waals surface area contributed by atoms with Gasteiger partial charge in [0.15, 0.2) is 5.78 Å². The molecule has 0 bridgehead atoms. The van der Waals surface area contributed by atoms with Gasteiger partial charge < -0.3 is 0 Å². The molecule has 29 heavy (non-hydrogen) atoms. The zero-order chi connectivity index (χ0) is 21.6. The summed E-state index contributed by atoms with van der Waals surface area (Å²) in [5.41, 5.74) is 3.58. The number of alkyl halides is 3. The third-order valence-electron chi connectivity index (χ3n) is 4.12. The molecule has 0 radical (unpaired) electrons. The summed E-state index contributed by atoms with van der Waals surface area (Å²) in [6.45, 7) is 1.98. The highest BCUT2D eigenvalue weighted by molar-refractivity contribution is 5.98. The molecule has 0 saturated carbocycles. The summed E-state index contributed by atoms with van der Waals surface area (Å²) in [7, 11) is 0. The second-order valence-electron chi connectivity index (χ2n) is 6.13. The minimum atomic E-state index is -4.73. The Hall–Kier alpha value is -3.43. The third-order valence-corrected chi connectivity index (χ3v) is 4.12. The van der Waals surface area contributed by atoms with Crippen molar-refractivity contribution in [2.75, 3.05) is 5.43 Å². The predicted octanol–water partition coefficient (Wildman–Crippen LogP) is 4.28. The van der Waals surface area contributed by atoms with E-state index >= 15 is 0 Å². The fourth-order valence-corrected chi connectivity index (χ4v) is 2.46. The zero-order valence-electron chi connectivity index (χ0n) is 15.4. The fraction of sp³-hybridized carbons (Fsp3) is 0.263. The zero-order valence-corrected chi connectivity index (χ0v) is 15.4. The number of nitrogens with zero attached hydrogens (tertiary/aromatic N) is 1. The topological polar surface area (TPSA) is 101 Å². The Kier molecular flexibility index (Phi) is 6.92. The molecule has 10 heteroatoms. The van der Waals surface area contributed by atoms with Gasteiger partial charge in [-0.05, 0) is 24.1 Å². The van der Waals surface area contributed by atoms with Crippen molar-refractivity contribution in [3.8, 4) is 0 Å². The number of nitro groups is 1. The molecule has 0 heterocycles. The van der Waals surface area contributed by atoms with Crippen LogP contribution in [0.5, 0.6) is 0 Å². The first kappa shape index (κ1) is 21.9. The summed E-state index contributed by atoms with van der Waals surface area (Å²) in [6, 6.07) is 8.85. The van der Waals surface area contributed by atoms with Crippen LogP contribution < -0.4 is 10.9 Å². The highest BCUT2D eigenvalue weighted by Gasteiger charge is 2.33. The first-order valence-electron chi connectivity index (χ1n) is 8.64. The van der Waals surface area contributed by atoms with Crippen LogP contribution in [0.2, 0.25) is 0 Å². The lowest BCUT2D eigenvalue weighted by atomic mass is 10.0. The maximum atomic E-state index is 12.7. The largest absolute Gasteiger partial charge is 0.416 e.